The maximum absolute atomic E-state index is 14.6. The minimum absolute atomic E-state index is 0.0591. The molecule has 12 heteroatoms. The van der Waals surface area contributed by atoms with Gasteiger partial charge in [-0.1, -0.05) is 62.7 Å². The summed E-state index contributed by atoms with van der Waals surface area (Å²) >= 11 is 0. The second-order valence-corrected chi connectivity index (χ2v) is 14.2. The van der Waals surface area contributed by atoms with Gasteiger partial charge >= 0.3 is 12.4 Å². The van der Waals surface area contributed by atoms with Crippen molar-refractivity contribution in [2.45, 2.75) is 76.9 Å². The summed E-state index contributed by atoms with van der Waals surface area (Å²) in [6.45, 7) is 7.82. The Morgan fingerprint density at radius 2 is 1.60 bits per heavy atom. The van der Waals surface area contributed by atoms with Crippen LogP contribution in [0.3, 0.4) is 0 Å². The number of likely N-dealkylation sites (tertiary alicyclic amines) is 2. The van der Waals surface area contributed by atoms with Gasteiger partial charge in [-0.05, 0) is 87.6 Å². The molecular weight excluding hydrogens is 682 g/mol. The van der Waals surface area contributed by atoms with E-state index in [1.54, 1.807) is 24.3 Å². The van der Waals surface area contributed by atoms with E-state index < -0.39 is 29.9 Å². The molecule has 3 aromatic carbocycles. The Balaban J connectivity index is 1.49. The fourth-order valence-electron chi connectivity index (χ4n) is 7.28. The molecule has 2 saturated heterocycles. The molecule has 0 unspecified atom stereocenters. The average Bonchev–Trinajstić information content (AvgIpc) is 3.12. The van der Waals surface area contributed by atoms with Gasteiger partial charge in [0.15, 0.2) is 6.04 Å². The number of hydrogen-bond donors (Lipinski definition) is 1. The minimum atomic E-state index is -4.84. The molecule has 1 N–H and O–H groups in total. The number of hydrogen-bond acceptors (Lipinski definition) is 5. The molecule has 0 aliphatic carbocycles. The van der Waals surface area contributed by atoms with E-state index in [4.69, 9.17) is 9.72 Å². The monoisotopic (exact) mass is 726 g/mol. The van der Waals surface area contributed by atoms with Crippen LogP contribution < -0.4 is 10.1 Å². The lowest BCUT2D eigenvalue weighted by Gasteiger charge is -2.40. The van der Waals surface area contributed by atoms with Gasteiger partial charge in [0.2, 0.25) is 0 Å². The largest absolute Gasteiger partial charge is 0.493 e. The molecule has 4 aromatic rings. The van der Waals surface area contributed by atoms with E-state index in [0.717, 1.165) is 50.9 Å². The Bertz CT molecular complexity index is 1830. The molecule has 2 fully saturated rings. The Labute approximate surface area is 300 Å². The number of nitrogens with zero attached hydrogens (tertiary/aromatic N) is 3. The zero-order chi connectivity index (χ0) is 37.0. The Morgan fingerprint density at radius 1 is 0.885 bits per heavy atom. The summed E-state index contributed by atoms with van der Waals surface area (Å²) in [5, 5.41) is 2.53. The number of fused-ring (bicyclic) bond motifs is 1. The lowest BCUT2D eigenvalue weighted by atomic mass is 9.93. The van der Waals surface area contributed by atoms with Gasteiger partial charge in [0, 0.05) is 35.2 Å². The smallest absolute Gasteiger partial charge is 0.416 e. The van der Waals surface area contributed by atoms with Crippen molar-refractivity contribution in [3.05, 3.63) is 95.1 Å². The second-order valence-electron chi connectivity index (χ2n) is 14.2. The molecule has 1 aromatic heterocycles. The summed E-state index contributed by atoms with van der Waals surface area (Å²) in [5.41, 5.74) is -0.414. The third-order valence-electron chi connectivity index (χ3n) is 9.91. The van der Waals surface area contributed by atoms with Gasteiger partial charge in [-0.25, -0.2) is 4.98 Å². The van der Waals surface area contributed by atoms with Crippen molar-refractivity contribution in [2.75, 3.05) is 32.8 Å². The first kappa shape index (κ1) is 37.6. The molecular formula is C40H44F6N4O2. The van der Waals surface area contributed by atoms with E-state index in [9.17, 15) is 31.1 Å². The predicted octanol–water partition coefficient (Wildman–Crippen LogP) is 9.44. The first-order chi connectivity index (χ1) is 24.8. The van der Waals surface area contributed by atoms with E-state index in [-0.39, 0.29) is 51.3 Å². The van der Waals surface area contributed by atoms with Crippen LogP contribution in [0.4, 0.5) is 26.3 Å². The van der Waals surface area contributed by atoms with Crippen molar-refractivity contribution in [1.82, 2.24) is 20.1 Å². The van der Waals surface area contributed by atoms with Crippen molar-refractivity contribution < 1.29 is 35.9 Å². The molecule has 1 amide bonds. The number of pyridine rings is 1. The summed E-state index contributed by atoms with van der Waals surface area (Å²) in [6.07, 6.45) is -4.22. The zero-order valence-electron chi connectivity index (χ0n) is 29.4. The van der Waals surface area contributed by atoms with Crippen LogP contribution in [0.5, 0.6) is 5.75 Å². The maximum Gasteiger partial charge on any atom is 0.416 e. The third kappa shape index (κ3) is 8.89. The summed E-state index contributed by atoms with van der Waals surface area (Å²) in [6, 6.07) is 14.7. The number of alkyl halides is 6. The topological polar surface area (TPSA) is 57.7 Å². The van der Waals surface area contributed by atoms with E-state index in [0.29, 0.717) is 31.5 Å². The van der Waals surface area contributed by atoms with E-state index in [2.05, 4.69) is 15.1 Å². The summed E-state index contributed by atoms with van der Waals surface area (Å²) < 4.78 is 91.7. The standard InChI is InChI=1S/C40H44F6N4O2/c1-26(2)25-52-31-14-15-32-34(23-31)47-36(28-12-9-13-29(22-28)39(41,42)43)33(24-49-20-16-30(17-21-49)50-18-7-4-8-19-50)35(32)38(51)48-37(40(44,45)46)27-10-5-3-6-11-27/h3,5-6,9-15,22-23,26,30,37H,4,7-8,16-21,24-25H2,1-2H3,(H,48,51)/t37-/m1/s1. The SMILES string of the molecule is CC(C)COc1ccc2c(C(=O)N[C@H](c3ccccc3)C(F)(F)F)c(CN3CCC(N4CCCCC4)CC3)c(-c3cccc(C(F)(F)F)c3)nc2c1. The van der Waals surface area contributed by atoms with Gasteiger partial charge in [0.05, 0.1) is 28.9 Å². The summed E-state index contributed by atoms with van der Waals surface area (Å²) in [4.78, 5) is 23.9. The fraction of sp³-hybridized carbons (Fsp3) is 0.450. The number of benzene rings is 3. The molecule has 0 bridgehead atoms. The Morgan fingerprint density at radius 3 is 2.25 bits per heavy atom. The molecule has 3 heterocycles. The van der Waals surface area contributed by atoms with Gasteiger partial charge in [-0.3, -0.25) is 9.69 Å². The number of amides is 1. The predicted molar refractivity (Wildman–Crippen MR) is 189 cm³/mol. The second kappa shape index (κ2) is 15.8. The Hall–Kier alpha value is -4.16. The van der Waals surface area contributed by atoms with E-state index >= 15 is 0 Å². The van der Waals surface area contributed by atoms with Crippen LogP contribution in [0.15, 0.2) is 72.8 Å². The van der Waals surface area contributed by atoms with Gasteiger partial charge in [-0.2, -0.15) is 26.3 Å². The number of ether oxygens (including phenoxy) is 1. The van der Waals surface area contributed by atoms with Crippen molar-refractivity contribution in [1.29, 1.82) is 0 Å². The van der Waals surface area contributed by atoms with Crippen molar-refractivity contribution in [2.24, 2.45) is 5.92 Å². The van der Waals surface area contributed by atoms with E-state index in [1.807, 2.05) is 13.8 Å². The molecule has 0 radical (unpaired) electrons. The number of rotatable bonds is 10. The van der Waals surface area contributed by atoms with Crippen LogP contribution in [0.1, 0.15) is 79.0 Å². The van der Waals surface area contributed by atoms with Crippen LogP contribution in [0.25, 0.3) is 22.2 Å². The average molecular weight is 727 g/mol. The lowest BCUT2D eigenvalue weighted by Crippen LogP contribution is -2.46. The number of piperidine rings is 2. The highest BCUT2D eigenvalue weighted by Crippen LogP contribution is 2.39. The van der Waals surface area contributed by atoms with Gasteiger partial charge < -0.3 is 15.0 Å². The first-order valence-electron chi connectivity index (χ1n) is 17.9. The third-order valence-corrected chi connectivity index (χ3v) is 9.91. The van der Waals surface area contributed by atoms with Crippen LogP contribution >= 0.6 is 0 Å². The molecule has 2 aliphatic heterocycles. The molecule has 278 valence electrons. The van der Waals surface area contributed by atoms with Crippen molar-refractivity contribution in [3.8, 4) is 17.0 Å². The van der Waals surface area contributed by atoms with Gasteiger partial charge in [0.25, 0.3) is 5.91 Å². The maximum atomic E-state index is 14.6. The van der Waals surface area contributed by atoms with Crippen LogP contribution in [0.2, 0.25) is 0 Å². The molecule has 52 heavy (non-hydrogen) atoms. The number of carbonyl (C=O) groups is 1. The van der Waals surface area contributed by atoms with Crippen LogP contribution in [-0.2, 0) is 12.7 Å². The number of aromatic nitrogens is 1. The van der Waals surface area contributed by atoms with Crippen LogP contribution in [-0.4, -0.2) is 65.7 Å². The lowest BCUT2D eigenvalue weighted by molar-refractivity contribution is -0.155. The van der Waals surface area contributed by atoms with E-state index in [1.165, 1.54) is 42.8 Å². The summed E-state index contributed by atoms with van der Waals surface area (Å²) in [7, 11) is 0. The van der Waals surface area contributed by atoms with Crippen molar-refractivity contribution in [3.63, 3.8) is 0 Å². The normalized spacial score (nSPS) is 17.4. The number of nitrogens with one attached hydrogen (secondary N) is 1. The molecule has 0 saturated carbocycles. The van der Waals surface area contributed by atoms with Gasteiger partial charge in [-0.15, -0.1) is 0 Å². The molecule has 6 rings (SSSR count). The van der Waals surface area contributed by atoms with Gasteiger partial charge in [0.1, 0.15) is 5.75 Å². The highest BCUT2D eigenvalue weighted by Gasteiger charge is 2.43. The quantitative estimate of drug-likeness (QED) is 0.165. The first-order valence-corrected chi connectivity index (χ1v) is 17.9. The number of carbonyl (C=O) groups excluding carboxylic acids is 1. The zero-order valence-corrected chi connectivity index (χ0v) is 29.4. The highest BCUT2D eigenvalue weighted by molar-refractivity contribution is 6.09. The molecule has 1 atom stereocenters. The minimum Gasteiger partial charge on any atom is -0.493 e. The highest BCUT2D eigenvalue weighted by atomic mass is 19.4. The summed E-state index contributed by atoms with van der Waals surface area (Å²) in [5.74, 6) is -0.398. The number of halogens is 6. The molecule has 2 aliphatic rings. The Kier molecular flexibility index (Phi) is 11.4. The van der Waals surface area contributed by atoms with Crippen molar-refractivity contribution >= 4 is 16.8 Å². The fourth-order valence-corrected chi connectivity index (χ4v) is 7.28. The molecule has 0 spiro atoms. The van der Waals surface area contributed by atoms with Crippen LogP contribution in [0, 0.1) is 5.92 Å². The molecule has 6 nitrogen and oxygen atoms in total.